The van der Waals surface area contributed by atoms with Crippen LogP contribution in [0.25, 0.3) is 0 Å². The highest BCUT2D eigenvalue weighted by Gasteiger charge is 2.08. The molecular weight excluding hydrogens is 266 g/mol. The van der Waals surface area contributed by atoms with Crippen LogP contribution in [0.15, 0.2) is 46.6 Å². The second-order valence-electron chi connectivity index (χ2n) is 5.83. The van der Waals surface area contributed by atoms with E-state index in [-0.39, 0.29) is 5.54 Å². The molecule has 0 spiro atoms. The van der Waals surface area contributed by atoms with E-state index in [4.69, 9.17) is 0 Å². The summed E-state index contributed by atoms with van der Waals surface area (Å²) in [7, 11) is 0. The molecule has 0 aliphatic carbocycles. The Bertz CT molecular complexity index is 559. The quantitative estimate of drug-likeness (QED) is 0.867. The van der Waals surface area contributed by atoms with Gasteiger partial charge in [0.1, 0.15) is 0 Å². The molecule has 0 fully saturated rings. The van der Waals surface area contributed by atoms with Crippen LogP contribution < -0.4 is 5.32 Å². The molecule has 0 saturated carbocycles. The number of nitrogens with one attached hydrogen (secondary N) is 1. The third kappa shape index (κ3) is 4.94. The molecule has 2 aromatic rings. The van der Waals surface area contributed by atoms with Gasteiger partial charge in [-0.2, -0.15) is 0 Å². The average molecular weight is 287 g/mol. The summed E-state index contributed by atoms with van der Waals surface area (Å²) in [4.78, 5) is 9.83. The van der Waals surface area contributed by atoms with E-state index in [0.717, 1.165) is 22.3 Å². The fraction of sp³-hybridized carbons (Fsp3) is 0.375. The van der Waals surface area contributed by atoms with Crippen molar-refractivity contribution < 1.29 is 0 Å². The predicted octanol–water partition coefficient (Wildman–Crippen LogP) is 3.82. The Morgan fingerprint density at radius 1 is 1.10 bits per heavy atom. The van der Waals surface area contributed by atoms with Crippen LogP contribution in [0.3, 0.4) is 0 Å². The maximum Gasteiger partial charge on any atom is 0.192 e. The first-order chi connectivity index (χ1) is 9.42. The van der Waals surface area contributed by atoms with Crippen molar-refractivity contribution >= 4 is 11.8 Å². The summed E-state index contributed by atoms with van der Waals surface area (Å²) in [5.41, 5.74) is 2.42. The molecule has 1 aromatic heterocycles. The van der Waals surface area contributed by atoms with Gasteiger partial charge in [0.2, 0.25) is 0 Å². The normalized spacial score (nSPS) is 11.6. The van der Waals surface area contributed by atoms with Gasteiger partial charge in [0.05, 0.1) is 0 Å². The fourth-order valence-electron chi connectivity index (χ4n) is 1.62. The Morgan fingerprint density at radius 2 is 1.80 bits per heavy atom. The first-order valence-electron chi connectivity index (χ1n) is 6.74. The highest BCUT2D eigenvalue weighted by Crippen LogP contribution is 2.24. The Balaban J connectivity index is 1.98. The van der Waals surface area contributed by atoms with Gasteiger partial charge in [-0.1, -0.05) is 12.1 Å². The third-order valence-corrected chi connectivity index (χ3v) is 3.62. The first-order valence-corrected chi connectivity index (χ1v) is 7.55. The van der Waals surface area contributed by atoms with Crippen molar-refractivity contribution in [2.75, 3.05) is 0 Å². The molecule has 0 saturated heterocycles. The lowest BCUT2D eigenvalue weighted by Gasteiger charge is -2.20. The summed E-state index contributed by atoms with van der Waals surface area (Å²) >= 11 is 1.59. The van der Waals surface area contributed by atoms with Crippen molar-refractivity contribution in [1.29, 1.82) is 0 Å². The Morgan fingerprint density at radius 3 is 2.40 bits per heavy atom. The summed E-state index contributed by atoms with van der Waals surface area (Å²) in [5.74, 6) is 0. The molecule has 106 valence electrons. The van der Waals surface area contributed by atoms with Gasteiger partial charge < -0.3 is 5.32 Å². The number of rotatable bonds is 4. The molecule has 2 rings (SSSR count). The second-order valence-corrected chi connectivity index (χ2v) is 6.87. The van der Waals surface area contributed by atoms with Crippen molar-refractivity contribution in [2.24, 2.45) is 0 Å². The number of aromatic nitrogens is 2. The SMILES string of the molecule is Cc1ccnc(Sc2ccc(CNC(C)(C)C)cc2)n1. The maximum atomic E-state index is 4.40. The summed E-state index contributed by atoms with van der Waals surface area (Å²) in [5, 5.41) is 4.28. The van der Waals surface area contributed by atoms with E-state index in [1.54, 1.807) is 18.0 Å². The first kappa shape index (κ1) is 15.0. The second kappa shape index (κ2) is 6.37. The van der Waals surface area contributed by atoms with Crippen molar-refractivity contribution in [3.05, 3.63) is 47.8 Å². The van der Waals surface area contributed by atoms with E-state index in [1.807, 2.05) is 13.0 Å². The number of aryl methyl sites for hydroxylation is 1. The molecule has 0 bridgehead atoms. The fourth-order valence-corrected chi connectivity index (χ4v) is 2.41. The lowest BCUT2D eigenvalue weighted by Crippen LogP contribution is -2.35. The summed E-state index contributed by atoms with van der Waals surface area (Å²) in [6.45, 7) is 9.38. The van der Waals surface area contributed by atoms with Gasteiger partial charge in [-0.05, 0) is 63.2 Å². The van der Waals surface area contributed by atoms with Gasteiger partial charge in [-0.3, -0.25) is 0 Å². The average Bonchev–Trinajstić information content (AvgIpc) is 2.37. The highest BCUT2D eigenvalue weighted by atomic mass is 32.2. The Kier molecular flexibility index (Phi) is 4.78. The molecular formula is C16H21N3S. The lowest BCUT2D eigenvalue weighted by atomic mass is 10.1. The zero-order valence-corrected chi connectivity index (χ0v) is 13.3. The molecule has 1 aromatic carbocycles. The number of hydrogen-bond acceptors (Lipinski definition) is 4. The molecule has 3 nitrogen and oxygen atoms in total. The van der Waals surface area contributed by atoms with Crippen molar-refractivity contribution in [1.82, 2.24) is 15.3 Å². The molecule has 0 atom stereocenters. The van der Waals surface area contributed by atoms with Gasteiger partial charge in [0.25, 0.3) is 0 Å². The molecule has 1 heterocycles. The van der Waals surface area contributed by atoms with Crippen LogP contribution in [0, 0.1) is 6.92 Å². The van der Waals surface area contributed by atoms with E-state index >= 15 is 0 Å². The van der Waals surface area contributed by atoms with Crippen LogP contribution in [0.4, 0.5) is 0 Å². The van der Waals surface area contributed by atoms with E-state index in [2.05, 4.69) is 60.3 Å². The molecule has 0 aliphatic rings. The van der Waals surface area contributed by atoms with Gasteiger partial charge in [-0.25, -0.2) is 9.97 Å². The predicted molar refractivity (Wildman–Crippen MR) is 83.9 cm³/mol. The topological polar surface area (TPSA) is 37.8 Å². The van der Waals surface area contributed by atoms with E-state index in [9.17, 15) is 0 Å². The minimum Gasteiger partial charge on any atom is -0.308 e. The minimum atomic E-state index is 0.142. The lowest BCUT2D eigenvalue weighted by molar-refractivity contribution is 0.424. The standard InChI is InChI=1S/C16H21N3S/c1-12-9-10-17-15(19-12)20-14-7-5-13(6-8-14)11-18-16(2,3)4/h5-10,18H,11H2,1-4H3. The zero-order chi connectivity index (χ0) is 14.6. The molecule has 0 radical (unpaired) electrons. The zero-order valence-electron chi connectivity index (χ0n) is 12.5. The van der Waals surface area contributed by atoms with Gasteiger partial charge in [0, 0.05) is 28.9 Å². The van der Waals surface area contributed by atoms with Crippen molar-refractivity contribution in [2.45, 2.75) is 49.8 Å². The number of nitrogens with zero attached hydrogens (tertiary/aromatic N) is 2. The Hall–Kier alpha value is -1.39. The number of hydrogen-bond donors (Lipinski definition) is 1. The van der Waals surface area contributed by atoms with Crippen LogP contribution in [0.2, 0.25) is 0 Å². The van der Waals surface area contributed by atoms with Gasteiger partial charge in [-0.15, -0.1) is 0 Å². The maximum absolute atomic E-state index is 4.40. The van der Waals surface area contributed by atoms with Crippen LogP contribution >= 0.6 is 11.8 Å². The molecule has 0 amide bonds. The molecule has 0 aliphatic heterocycles. The van der Waals surface area contributed by atoms with Crippen molar-refractivity contribution in [3.8, 4) is 0 Å². The smallest absolute Gasteiger partial charge is 0.192 e. The monoisotopic (exact) mass is 287 g/mol. The van der Waals surface area contributed by atoms with E-state index in [0.29, 0.717) is 0 Å². The largest absolute Gasteiger partial charge is 0.308 e. The van der Waals surface area contributed by atoms with E-state index < -0.39 is 0 Å². The van der Waals surface area contributed by atoms with E-state index in [1.165, 1.54) is 5.56 Å². The molecule has 4 heteroatoms. The summed E-state index contributed by atoms with van der Waals surface area (Å²) in [6.07, 6.45) is 1.80. The molecule has 20 heavy (non-hydrogen) atoms. The Labute approximate surface area is 125 Å². The minimum absolute atomic E-state index is 0.142. The number of benzene rings is 1. The highest BCUT2D eigenvalue weighted by molar-refractivity contribution is 7.99. The van der Waals surface area contributed by atoms with Crippen LogP contribution in [0.1, 0.15) is 32.0 Å². The van der Waals surface area contributed by atoms with Gasteiger partial charge >= 0.3 is 0 Å². The van der Waals surface area contributed by atoms with Gasteiger partial charge in [0.15, 0.2) is 5.16 Å². The summed E-state index contributed by atoms with van der Waals surface area (Å²) < 4.78 is 0. The molecule has 1 N–H and O–H groups in total. The van der Waals surface area contributed by atoms with Crippen LogP contribution in [0.5, 0.6) is 0 Å². The van der Waals surface area contributed by atoms with Crippen LogP contribution in [-0.4, -0.2) is 15.5 Å². The van der Waals surface area contributed by atoms with Crippen molar-refractivity contribution in [3.63, 3.8) is 0 Å². The summed E-state index contributed by atoms with van der Waals surface area (Å²) in [6, 6.07) is 10.4. The van der Waals surface area contributed by atoms with Crippen LogP contribution in [-0.2, 0) is 6.54 Å². The third-order valence-electron chi connectivity index (χ3n) is 2.73. The molecule has 0 unspecified atom stereocenters.